The minimum atomic E-state index is 0.624. The molecule has 3 heteroatoms. The lowest BCUT2D eigenvalue weighted by Gasteiger charge is -2.61. The predicted molar refractivity (Wildman–Crippen MR) is 156 cm³/mol. The third kappa shape index (κ3) is 6.13. The van der Waals surface area contributed by atoms with E-state index < -0.39 is 0 Å². The molecule has 9 atom stereocenters. The summed E-state index contributed by atoms with van der Waals surface area (Å²) in [5, 5.41) is 7.62. The Bertz CT molecular complexity index is 639. The fraction of sp³-hybridized carbons (Fsp3) is 1.00. The topological polar surface area (TPSA) is 24.1 Å². The van der Waals surface area contributed by atoms with E-state index in [1.54, 1.807) is 0 Å². The lowest BCUT2D eigenvalue weighted by molar-refractivity contribution is -0.117. The van der Waals surface area contributed by atoms with Gasteiger partial charge >= 0.3 is 0 Å². The quantitative estimate of drug-likeness (QED) is 0.174. The summed E-state index contributed by atoms with van der Waals surface area (Å²) < 4.78 is 0. The van der Waals surface area contributed by atoms with Crippen LogP contribution in [-0.4, -0.2) is 31.4 Å². The average Bonchev–Trinajstić information content (AvgIpc) is 3.21. The molecule has 0 amide bonds. The molecule has 2 nitrogen and oxygen atoms in total. The molecule has 0 radical (unpaired) electrons. The molecule has 0 bridgehead atoms. The van der Waals surface area contributed by atoms with Crippen LogP contribution in [0.4, 0.5) is 0 Å². The highest BCUT2D eigenvalue weighted by molar-refractivity contribution is 7.80. The first-order chi connectivity index (χ1) is 16.9. The van der Waals surface area contributed by atoms with Crippen LogP contribution >= 0.6 is 12.6 Å². The van der Waals surface area contributed by atoms with Gasteiger partial charge in [-0.3, -0.25) is 0 Å². The maximum absolute atomic E-state index is 4.51. The molecule has 9 unspecified atom stereocenters. The van der Waals surface area contributed by atoms with E-state index in [2.05, 4.69) is 51.0 Å². The molecule has 4 saturated carbocycles. The summed E-state index contributed by atoms with van der Waals surface area (Å²) in [7, 11) is 0. The Morgan fingerprint density at radius 3 is 2.40 bits per heavy atom. The van der Waals surface area contributed by atoms with Gasteiger partial charge in [-0.15, -0.1) is 0 Å². The Labute approximate surface area is 224 Å². The summed E-state index contributed by atoms with van der Waals surface area (Å²) >= 11 is 4.51. The molecule has 0 saturated heterocycles. The second kappa shape index (κ2) is 12.9. The van der Waals surface area contributed by atoms with Crippen LogP contribution in [0.2, 0.25) is 0 Å². The molecule has 4 aliphatic carbocycles. The molecule has 0 aromatic carbocycles. The first kappa shape index (κ1) is 28.3. The van der Waals surface area contributed by atoms with Crippen molar-refractivity contribution < 1.29 is 0 Å². The normalized spacial score (nSPS) is 41.7. The van der Waals surface area contributed by atoms with Crippen molar-refractivity contribution in [2.75, 3.05) is 25.4 Å². The predicted octanol–water partition coefficient (Wildman–Crippen LogP) is 8.12. The van der Waals surface area contributed by atoms with Crippen molar-refractivity contribution >= 4 is 12.6 Å². The van der Waals surface area contributed by atoms with Gasteiger partial charge in [-0.05, 0) is 155 Å². The number of rotatable bonds is 13. The number of nitrogens with one attached hydrogen (secondary N) is 2. The lowest BCUT2D eigenvalue weighted by Crippen LogP contribution is -2.55. The SMILES string of the molecule is CCCCCNCCCNC1CCC2(C)C(CCC3C2CCC2(C)C(C(C)CCCS)CCC32)C1. The fourth-order valence-electron chi connectivity index (χ4n) is 10.2. The van der Waals surface area contributed by atoms with E-state index in [1.165, 1.54) is 116 Å². The van der Waals surface area contributed by atoms with Crippen molar-refractivity contribution in [3.63, 3.8) is 0 Å². The molecule has 0 spiro atoms. The third-order valence-electron chi connectivity index (χ3n) is 12.2. The second-order valence-electron chi connectivity index (χ2n) is 14.0. The van der Waals surface area contributed by atoms with Crippen molar-refractivity contribution in [2.45, 2.75) is 130 Å². The minimum absolute atomic E-state index is 0.624. The summed E-state index contributed by atoms with van der Waals surface area (Å²) in [5.41, 5.74) is 1.25. The van der Waals surface area contributed by atoms with Crippen LogP contribution in [0.5, 0.6) is 0 Å². The Hall–Kier alpha value is 0.270. The maximum atomic E-state index is 4.51. The van der Waals surface area contributed by atoms with Gasteiger partial charge in [0, 0.05) is 6.04 Å². The fourth-order valence-corrected chi connectivity index (χ4v) is 10.4. The number of thiol groups is 1. The van der Waals surface area contributed by atoms with Gasteiger partial charge in [-0.2, -0.15) is 12.6 Å². The molecule has 0 aliphatic heterocycles. The molecule has 4 fully saturated rings. The average molecular weight is 505 g/mol. The molecular formula is C32H60N2S. The Morgan fingerprint density at radius 1 is 0.829 bits per heavy atom. The smallest absolute Gasteiger partial charge is 0.00701 e. The summed E-state index contributed by atoms with van der Waals surface area (Å²) in [4.78, 5) is 0. The molecular weight excluding hydrogens is 444 g/mol. The zero-order valence-corrected chi connectivity index (χ0v) is 24.8. The third-order valence-corrected chi connectivity index (χ3v) is 12.5. The van der Waals surface area contributed by atoms with E-state index in [1.807, 2.05) is 0 Å². The van der Waals surface area contributed by atoms with Crippen LogP contribution in [0, 0.1) is 46.3 Å². The van der Waals surface area contributed by atoms with Crippen molar-refractivity contribution in [3.8, 4) is 0 Å². The Morgan fingerprint density at radius 2 is 1.60 bits per heavy atom. The highest BCUT2D eigenvalue weighted by atomic mass is 32.1. The van der Waals surface area contributed by atoms with Crippen molar-refractivity contribution in [3.05, 3.63) is 0 Å². The number of hydrogen-bond acceptors (Lipinski definition) is 3. The number of fused-ring (bicyclic) bond motifs is 5. The molecule has 4 aliphatic rings. The summed E-state index contributed by atoms with van der Waals surface area (Å²) in [6.45, 7) is 13.9. The summed E-state index contributed by atoms with van der Waals surface area (Å²) in [5.74, 6) is 6.96. The van der Waals surface area contributed by atoms with Crippen molar-refractivity contribution in [1.29, 1.82) is 0 Å². The minimum Gasteiger partial charge on any atom is -0.317 e. The standard InChI is InChI=1S/C32H60N2S/c1-5-6-7-19-33-20-9-21-34-26-15-17-31(3)25(23-26)11-12-27-29-14-13-28(24(2)10-8-22-35)32(29,4)18-16-30(27)31/h24-30,33-35H,5-23H2,1-4H3. The van der Waals surface area contributed by atoms with Crippen LogP contribution in [0.1, 0.15) is 124 Å². The molecule has 2 N–H and O–H groups in total. The van der Waals surface area contributed by atoms with Crippen LogP contribution < -0.4 is 10.6 Å². The van der Waals surface area contributed by atoms with Gasteiger partial charge in [0.15, 0.2) is 0 Å². The van der Waals surface area contributed by atoms with E-state index in [-0.39, 0.29) is 0 Å². The van der Waals surface area contributed by atoms with E-state index in [4.69, 9.17) is 0 Å². The Kier molecular flexibility index (Phi) is 10.4. The molecule has 0 aromatic rings. The second-order valence-corrected chi connectivity index (χ2v) is 14.4. The van der Waals surface area contributed by atoms with E-state index in [9.17, 15) is 0 Å². The Balaban J connectivity index is 1.27. The first-order valence-electron chi connectivity index (χ1n) is 16.0. The van der Waals surface area contributed by atoms with E-state index in [0.717, 1.165) is 47.3 Å². The largest absolute Gasteiger partial charge is 0.317 e. The zero-order chi connectivity index (χ0) is 24.9. The lowest BCUT2D eigenvalue weighted by atomic mass is 9.44. The van der Waals surface area contributed by atoms with Crippen LogP contribution in [-0.2, 0) is 0 Å². The first-order valence-corrected chi connectivity index (χ1v) is 16.6. The van der Waals surface area contributed by atoms with Gasteiger partial charge in [0.05, 0.1) is 0 Å². The summed E-state index contributed by atoms with van der Waals surface area (Å²) in [6, 6.07) is 0.780. The van der Waals surface area contributed by atoms with E-state index in [0.29, 0.717) is 10.8 Å². The number of hydrogen-bond donors (Lipinski definition) is 3. The molecule has 0 heterocycles. The van der Waals surface area contributed by atoms with E-state index >= 15 is 0 Å². The van der Waals surface area contributed by atoms with Gasteiger partial charge in [0.2, 0.25) is 0 Å². The molecule has 0 aromatic heterocycles. The molecule has 35 heavy (non-hydrogen) atoms. The highest BCUT2D eigenvalue weighted by Crippen LogP contribution is 2.68. The van der Waals surface area contributed by atoms with Crippen molar-refractivity contribution in [1.82, 2.24) is 10.6 Å². The van der Waals surface area contributed by atoms with Crippen LogP contribution in [0.25, 0.3) is 0 Å². The number of unbranched alkanes of at least 4 members (excludes halogenated alkanes) is 2. The van der Waals surface area contributed by atoms with Gasteiger partial charge < -0.3 is 10.6 Å². The molecule has 4 rings (SSSR count). The van der Waals surface area contributed by atoms with Gasteiger partial charge in [0.1, 0.15) is 0 Å². The van der Waals surface area contributed by atoms with Gasteiger partial charge in [0.25, 0.3) is 0 Å². The van der Waals surface area contributed by atoms with Crippen LogP contribution in [0.15, 0.2) is 0 Å². The maximum Gasteiger partial charge on any atom is 0.00701 e. The van der Waals surface area contributed by atoms with Crippen LogP contribution in [0.3, 0.4) is 0 Å². The highest BCUT2D eigenvalue weighted by Gasteiger charge is 2.60. The molecule has 204 valence electrons. The van der Waals surface area contributed by atoms with Crippen molar-refractivity contribution in [2.24, 2.45) is 46.3 Å². The van der Waals surface area contributed by atoms with Gasteiger partial charge in [-0.25, -0.2) is 0 Å². The summed E-state index contributed by atoms with van der Waals surface area (Å²) in [6.07, 6.45) is 21.5. The monoisotopic (exact) mass is 504 g/mol. The zero-order valence-electron chi connectivity index (χ0n) is 23.9. The van der Waals surface area contributed by atoms with Gasteiger partial charge in [-0.1, -0.05) is 40.5 Å².